The normalized spacial score (nSPS) is 14.7. The number of terminal acetylenes is 1. The van der Waals surface area contributed by atoms with Gasteiger partial charge in [0, 0.05) is 0 Å². The van der Waals surface area contributed by atoms with Crippen molar-refractivity contribution in [1.82, 2.24) is 10.2 Å². The molecule has 1 aliphatic rings. The van der Waals surface area contributed by atoms with Gasteiger partial charge < -0.3 is 19.5 Å². The van der Waals surface area contributed by atoms with Crippen LogP contribution in [0.25, 0.3) is 6.08 Å². The van der Waals surface area contributed by atoms with Crippen LogP contribution in [0, 0.1) is 12.3 Å². The number of nitrogens with zero attached hydrogens (tertiary/aromatic N) is 1. The number of nitrogens with one attached hydrogen (secondary N) is 1. The van der Waals surface area contributed by atoms with Crippen molar-refractivity contribution in [3.05, 3.63) is 28.4 Å². The van der Waals surface area contributed by atoms with Gasteiger partial charge in [0.25, 0.3) is 5.91 Å². The molecular weight excluding hydrogens is 376 g/mol. The highest BCUT2D eigenvalue weighted by atomic mass is 35.5. The first kappa shape index (κ1) is 20.1. The van der Waals surface area contributed by atoms with E-state index in [1.54, 1.807) is 13.0 Å². The van der Waals surface area contributed by atoms with Crippen LogP contribution in [0.2, 0.25) is 5.02 Å². The monoisotopic (exact) mass is 392 g/mol. The van der Waals surface area contributed by atoms with Crippen LogP contribution in [0.15, 0.2) is 17.8 Å². The molecular formula is C18H17ClN2O6. The molecule has 8 nitrogen and oxygen atoms in total. The fourth-order valence-electron chi connectivity index (χ4n) is 2.26. The largest absolute Gasteiger partial charge is 0.490 e. The van der Waals surface area contributed by atoms with Crippen LogP contribution in [-0.2, 0) is 14.3 Å². The van der Waals surface area contributed by atoms with Gasteiger partial charge in [-0.2, -0.15) is 0 Å². The zero-order valence-electron chi connectivity index (χ0n) is 14.7. The summed E-state index contributed by atoms with van der Waals surface area (Å²) in [4.78, 5) is 36.3. The van der Waals surface area contributed by atoms with Gasteiger partial charge in [0.2, 0.25) is 0 Å². The lowest BCUT2D eigenvalue weighted by Gasteiger charge is -2.13. The van der Waals surface area contributed by atoms with Crippen LogP contribution in [0.5, 0.6) is 11.5 Å². The Morgan fingerprint density at radius 3 is 2.74 bits per heavy atom. The van der Waals surface area contributed by atoms with Crippen molar-refractivity contribution in [2.45, 2.75) is 6.92 Å². The predicted molar refractivity (Wildman–Crippen MR) is 97.2 cm³/mol. The Morgan fingerprint density at radius 1 is 1.37 bits per heavy atom. The summed E-state index contributed by atoms with van der Waals surface area (Å²) in [7, 11) is 1.17. The summed E-state index contributed by atoms with van der Waals surface area (Å²) in [6.45, 7) is 1.67. The number of urea groups is 1. The van der Waals surface area contributed by atoms with Gasteiger partial charge in [-0.25, -0.2) is 9.69 Å². The van der Waals surface area contributed by atoms with Gasteiger partial charge in [0.05, 0.1) is 18.7 Å². The van der Waals surface area contributed by atoms with Crippen LogP contribution in [-0.4, -0.2) is 49.7 Å². The summed E-state index contributed by atoms with van der Waals surface area (Å²) in [5.74, 6) is 1.59. The Labute approximate surface area is 161 Å². The van der Waals surface area contributed by atoms with Gasteiger partial charge in [-0.05, 0) is 30.7 Å². The highest BCUT2D eigenvalue weighted by molar-refractivity contribution is 6.32. The van der Waals surface area contributed by atoms with Crippen molar-refractivity contribution in [1.29, 1.82) is 0 Å². The second kappa shape index (κ2) is 8.96. The van der Waals surface area contributed by atoms with E-state index in [0.717, 1.165) is 4.90 Å². The highest BCUT2D eigenvalue weighted by Gasteiger charge is 2.35. The van der Waals surface area contributed by atoms with Crippen molar-refractivity contribution in [2.24, 2.45) is 0 Å². The lowest BCUT2D eigenvalue weighted by atomic mass is 10.1. The molecule has 1 aliphatic heterocycles. The summed E-state index contributed by atoms with van der Waals surface area (Å²) < 4.78 is 15.4. The minimum absolute atomic E-state index is 0.0112. The number of halogens is 1. The fraction of sp³-hybridized carbons (Fsp3) is 0.278. The van der Waals surface area contributed by atoms with Crippen molar-refractivity contribution in [2.75, 3.05) is 26.9 Å². The first-order valence-corrected chi connectivity index (χ1v) is 8.23. The molecule has 27 heavy (non-hydrogen) atoms. The third-order valence-corrected chi connectivity index (χ3v) is 3.70. The topological polar surface area (TPSA) is 94.2 Å². The minimum atomic E-state index is -0.721. The smallest absolute Gasteiger partial charge is 0.329 e. The SMILES string of the molecule is C#CCOc1c(Cl)cc(C=C2NC(=O)N(CC(=O)OC)C2=O)cc1OCC. The standard InChI is InChI=1S/C18H17ClN2O6/c1-4-6-27-16-12(19)7-11(9-14(16)26-5-2)8-13-17(23)21(18(24)20-13)10-15(22)25-3/h1,7-9H,5-6,10H2,2-3H3,(H,20,24). The molecule has 0 unspecified atom stereocenters. The Bertz CT molecular complexity index is 843. The van der Waals surface area contributed by atoms with Crippen LogP contribution >= 0.6 is 11.6 Å². The number of carbonyl (C=O) groups excluding carboxylic acids is 3. The molecule has 0 aliphatic carbocycles. The Hall–Kier alpha value is -3.18. The van der Waals surface area contributed by atoms with E-state index in [4.69, 9.17) is 27.5 Å². The van der Waals surface area contributed by atoms with Crippen LogP contribution < -0.4 is 14.8 Å². The maximum atomic E-state index is 12.3. The summed E-state index contributed by atoms with van der Waals surface area (Å²) in [6.07, 6.45) is 6.60. The van der Waals surface area contributed by atoms with Gasteiger partial charge in [0.15, 0.2) is 11.5 Å². The molecule has 1 aromatic carbocycles. The molecule has 1 fully saturated rings. The van der Waals surface area contributed by atoms with Gasteiger partial charge in [-0.3, -0.25) is 9.59 Å². The van der Waals surface area contributed by atoms with E-state index in [2.05, 4.69) is 16.0 Å². The lowest BCUT2D eigenvalue weighted by molar-refractivity contribution is -0.143. The molecule has 0 radical (unpaired) electrons. The minimum Gasteiger partial charge on any atom is -0.490 e. The number of carbonyl (C=O) groups is 3. The molecule has 142 valence electrons. The molecule has 2 rings (SSSR count). The summed E-state index contributed by atoms with van der Waals surface area (Å²) in [6, 6.07) is 2.41. The third kappa shape index (κ3) is 4.71. The average molecular weight is 393 g/mol. The third-order valence-electron chi connectivity index (χ3n) is 3.42. The van der Waals surface area contributed by atoms with E-state index < -0.39 is 24.5 Å². The summed E-state index contributed by atoms with van der Waals surface area (Å²) >= 11 is 6.23. The highest BCUT2D eigenvalue weighted by Crippen LogP contribution is 2.37. The molecule has 1 saturated heterocycles. The quantitative estimate of drug-likeness (QED) is 0.329. The number of esters is 1. The zero-order chi connectivity index (χ0) is 20.0. The first-order chi connectivity index (χ1) is 12.9. The molecule has 9 heteroatoms. The van der Waals surface area contributed by atoms with Crippen LogP contribution in [0.4, 0.5) is 4.79 Å². The van der Waals surface area contributed by atoms with Crippen molar-refractivity contribution >= 4 is 35.6 Å². The number of benzene rings is 1. The van der Waals surface area contributed by atoms with Gasteiger partial charge in [-0.15, -0.1) is 6.42 Å². The number of imide groups is 1. The van der Waals surface area contributed by atoms with Crippen LogP contribution in [0.3, 0.4) is 0 Å². The van der Waals surface area contributed by atoms with E-state index >= 15 is 0 Å². The lowest BCUT2D eigenvalue weighted by Crippen LogP contribution is -2.36. The number of rotatable bonds is 7. The van der Waals surface area contributed by atoms with E-state index in [0.29, 0.717) is 17.9 Å². The number of amides is 3. The molecule has 1 N–H and O–H groups in total. The molecule has 1 aromatic rings. The van der Waals surface area contributed by atoms with Crippen molar-refractivity contribution < 1.29 is 28.6 Å². The van der Waals surface area contributed by atoms with E-state index in [-0.39, 0.29) is 23.1 Å². The number of hydrogen-bond acceptors (Lipinski definition) is 6. The molecule has 0 saturated carbocycles. The second-order valence-electron chi connectivity index (χ2n) is 5.21. The van der Waals surface area contributed by atoms with E-state index in [1.165, 1.54) is 19.3 Å². The molecule has 1 heterocycles. The number of hydrogen-bond donors (Lipinski definition) is 1. The molecule has 0 aromatic heterocycles. The first-order valence-electron chi connectivity index (χ1n) is 7.85. The maximum Gasteiger partial charge on any atom is 0.329 e. The number of methoxy groups -OCH3 is 1. The molecule has 0 spiro atoms. The van der Waals surface area contributed by atoms with Gasteiger partial charge in [0.1, 0.15) is 18.8 Å². The Balaban J connectivity index is 2.33. The Kier molecular flexibility index (Phi) is 6.68. The second-order valence-corrected chi connectivity index (χ2v) is 5.62. The number of ether oxygens (including phenoxy) is 3. The average Bonchev–Trinajstić information content (AvgIpc) is 2.88. The summed E-state index contributed by atoms with van der Waals surface area (Å²) in [5.41, 5.74) is 0.472. The van der Waals surface area contributed by atoms with Crippen molar-refractivity contribution in [3.63, 3.8) is 0 Å². The molecule has 3 amide bonds. The van der Waals surface area contributed by atoms with Crippen molar-refractivity contribution in [3.8, 4) is 23.8 Å². The predicted octanol–water partition coefficient (Wildman–Crippen LogP) is 1.82. The molecule has 0 atom stereocenters. The molecule has 0 bridgehead atoms. The van der Waals surface area contributed by atoms with E-state index in [9.17, 15) is 14.4 Å². The Morgan fingerprint density at radius 2 is 2.11 bits per heavy atom. The van der Waals surface area contributed by atoms with Gasteiger partial charge >= 0.3 is 12.0 Å². The summed E-state index contributed by atoms with van der Waals surface area (Å²) in [5, 5.41) is 2.63. The van der Waals surface area contributed by atoms with E-state index in [1.807, 2.05) is 0 Å². The van der Waals surface area contributed by atoms with Gasteiger partial charge in [-0.1, -0.05) is 17.5 Å². The zero-order valence-corrected chi connectivity index (χ0v) is 15.5. The maximum absolute atomic E-state index is 12.3. The fourth-order valence-corrected chi connectivity index (χ4v) is 2.54. The van der Waals surface area contributed by atoms with Crippen LogP contribution in [0.1, 0.15) is 12.5 Å².